The van der Waals surface area contributed by atoms with Gasteiger partial charge in [0.1, 0.15) is 0 Å². The number of hydrogen-bond donors (Lipinski definition) is 1. The van der Waals surface area contributed by atoms with Crippen molar-refractivity contribution in [3.63, 3.8) is 0 Å². The summed E-state index contributed by atoms with van der Waals surface area (Å²) in [5.41, 5.74) is 5.83. The van der Waals surface area contributed by atoms with Gasteiger partial charge < -0.3 is 15.4 Å². The molecule has 4 nitrogen and oxygen atoms in total. The highest BCUT2D eigenvalue weighted by Gasteiger charge is 2.25. The summed E-state index contributed by atoms with van der Waals surface area (Å²) in [6.07, 6.45) is 1.22. The van der Waals surface area contributed by atoms with E-state index in [1.54, 1.807) is 7.11 Å². The molecule has 90 valence electrons. The van der Waals surface area contributed by atoms with E-state index in [2.05, 4.69) is 23.8 Å². The highest BCUT2D eigenvalue weighted by Crippen LogP contribution is 2.12. The van der Waals surface area contributed by atoms with Crippen molar-refractivity contribution < 1.29 is 4.74 Å². The SMILES string of the molecule is COCCN1CCC(C)N(C)CC1CN. The third-order valence-electron chi connectivity index (χ3n) is 3.46. The van der Waals surface area contributed by atoms with E-state index in [0.29, 0.717) is 12.1 Å². The molecule has 1 heterocycles. The van der Waals surface area contributed by atoms with E-state index in [-0.39, 0.29) is 0 Å². The van der Waals surface area contributed by atoms with Crippen molar-refractivity contribution in [2.24, 2.45) is 5.73 Å². The molecule has 2 atom stereocenters. The number of ether oxygens (including phenoxy) is 1. The molecule has 0 bridgehead atoms. The molecule has 1 fully saturated rings. The third-order valence-corrected chi connectivity index (χ3v) is 3.46. The van der Waals surface area contributed by atoms with Gasteiger partial charge in [0, 0.05) is 45.4 Å². The molecule has 0 aromatic heterocycles. The van der Waals surface area contributed by atoms with Crippen molar-refractivity contribution in [3.8, 4) is 0 Å². The number of hydrogen-bond acceptors (Lipinski definition) is 4. The molecule has 0 amide bonds. The Labute approximate surface area is 93.4 Å². The second-order valence-electron chi connectivity index (χ2n) is 4.50. The predicted molar refractivity (Wildman–Crippen MR) is 63.0 cm³/mol. The molecule has 0 spiro atoms. The van der Waals surface area contributed by atoms with Gasteiger partial charge in [-0.25, -0.2) is 0 Å². The summed E-state index contributed by atoms with van der Waals surface area (Å²) >= 11 is 0. The maximum absolute atomic E-state index is 5.83. The Hall–Kier alpha value is -0.160. The highest BCUT2D eigenvalue weighted by molar-refractivity contribution is 4.82. The number of methoxy groups -OCH3 is 1. The average Bonchev–Trinajstić information content (AvgIpc) is 2.37. The van der Waals surface area contributed by atoms with Gasteiger partial charge in [0.25, 0.3) is 0 Å². The van der Waals surface area contributed by atoms with Gasteiger partial charge >= 0.3 is 0 Å². The van der Waals surface area contributed by atoms with Crippen LogP contribution in [0.1, 0.15) is 13.3 Å². The summed E-state index contributed by atoms with van der Waals surface area (Å²) < 4.78 is 5.14. The van der Waals surface area contributed by atoms with E-state index in [9.17, 15) is 0 Å². The summed E-state index contributed by atoms with van der Waals surface area (Å²) in [5, 5.41) is 0. The lowest BCUT2D eigenvalue weighted by Gasteiger charge is -2.29. The average molecular weight is 215 g/mol. The van der Waals surface area contributed by atoms with Crippen molar-refractivity contribution in [3.05, 3.63) is 0 Å². The van der Waals surface area contributed by atoms with Crippen LogP contribution in [0.25, 0.3) is 0 Å². The minimum absolute atomic E-state index is 0.482. The van der Waals surface area contributed by atoms with E-state index < -0.39 is 0 Å². The van der Waals surface area contributed by atoms with Crippen LogP contribution in [-0.2, 0) is 4.74 Å². The molecule has 0 aliphatic carbocycles. The van der Waals surface area contributed by atoms with Gasteiger partial charge in [-0.1, -0.05) is 0 Å². The first-order valence-corrected chi connectivity index (χ1v) is 5.82. The molecule has 1 saturated heterocycles. The fourth-order valence-electron chi connectivity index (χ4n) is 2.11. The Bertz CT molecular complexity index is 177. The first kappa shape index (κ1) is 12.9. The molecule has 2 N–H and O–H groups in total. The van der Waals surface area contributed by atoms with E-state index in [1.165, 1.54) is 6.42 Å². The Morgan fingerprint density at radius 3 is 2.80 bits per heavy atom. The molecule has 0 radical (unpaired) electrons. The molecule has 15 heavy (non-hydrogen) atoms. The first-order valence-electron chi connectivity index (χ1n) is 5.82. The quantitative estimate of drug-likeness (QED) is 0.716. The van der Waals surface area contributed by atoms with Gasteiger partial charge in [0.05, 0.1) is 6.61 Å². The normalized spacial score (nSPS) is 30.4. The van der Waals surface area contributed by atoms with Crippen LogP contribution in [0.4, 0.5) is 0 Å². The van der Waals surface area contributed by atoms with E-state index in [1.807, 2.05) is 0 Å². The van der Waals surface area contributed by atoms with Crippen molar-refractivity contribution >= 4 is 0 Å². The summed E-state index contributed by atoms with van der Waals surface area (Å²) in [6.45, 7) is 7.03. The predicted octanol–water partition coefficient (Wildman–Crippen LogP) is -0.0139. The smallest absolute Gasteiger partial charge is 0.0589 e. The van der Waals surface area contributed by atoms with Crippen LogP contribution in [0.2, 0.25) is 0 Å². The van der Waals surface area contributed by atoms with E-state index >= 15 is 0 Å². The van der Waals surface area contributed by atoms with E-state index in [4.69, 9.17) is 10.5 Å². The zero-order chi connectivity index (χ0) is 11.3. The summed E-state index contributed by atoms with van der Waals surface area (Å²) in [7, 11) is 3.94. The van der Waals surface area contributed by atoms with Crippen LogP contribution in [0, 0.1) is 0 Å². The second-order valence-corrected chi connectivity index (χ2v) is 4.50. The molecular weight excluding hydrogens is 190 g/mol. The van der Waals surface area contributed by atoms with Gasteiger partial charge in [-0.3, -0.25) is 4.90 Å². The fourth-order valence-corrected chi connectivity index (χ4v) is 2.11. The van der Waals surface area contributed by atoms with Gasteiger partial charge in [-0.2, -0.15) is 0 Å². The van der Waals surface area contributed by atoms with Crippen molar-refractivity contribution in [2.75, 3.05) is 46.9 Å². The zero-order valence-corrected chi connectivity index (χ0v) is 10.3. The van der Waals surface area contributed by atoms with Crippen LogP contribution in [0.3, 0.4) is 0 Å². The number of nitrogens with two attached hydrogens (primary N) is 1. The third kappa shape index (κ3) is 3.72. The van der Waals surface area contributed by atoms with Crippen molar-refractivity contribution in [1.82, 2.24) is 9.80 Å². The van der Waals surface area contributed by atoms with Gasteiger partial charge in [-0.05, 0) is 20.4 Å². The lowest BCUT2D eigenvalue weighted by atomic mass is 10.2. The van der Waals surface area contributed by atoms with Gasteiger partial charge in [0.15, 0.2) is 0 Å². The van der Waals surface area contributed by atoms with Gasteiger partial charge in [-0.15, -0.1) is 0 Å². The molecule has 1 rings (SSSR count). The molecule has 1 aliphatic rings. The molecular formula is C11H25N3O. The molecule has 0 aromatic rings. The Morgan fingerprint density at radius 2 is 2.20 bits per heavy atom. The fraction of sp³-hybridized carbons (Fsp3) is 1.00. The van der Waals surface area contributed by atoms with Crippen LogP contribution in [-0.4, -0.2) is 68.8 Å². The molecule has 4 heteroatoms. The molecule has 0 saturated carbocycles. The number of likely N-dealkylation sites (N-methyl/N-ethyl adjacent to an activating group) is 1. The Morgan fingerprint density at radius 1 is 1.47 bits per heavy atom. The summed E-state index contributed by atoms with van der Waals surface area (Å²) in [6, 6.07) is 1.14. The van der Waals surface area contributed by atoms with Crippen LogP contribution in [0.15, 0.2) is 0 Å². The van der Waals surface area contributed by atoms with E-state index in [0.717, 1.165) is 32.8 Å². The molecule has 1 aliphatic heterocycles. The minimum atomic E-state index is 0.482. The standard InChI is InChI=1S/C11H25N3O/c1-10-4-5-14(6-7-15-3)11(8-12)9-13(10)2/h10-11H,4-9,12H2,1-3H3. The summed E-state index contributed by atoms with van der Waals surface area (Å²) in [5.74, 6) is 0. The lowest BCUT2D eigenvalue weighted by molar-refractivity contribution is 0.121. The summed E-state index contributed by atoms with van der Waals surface area (Å²) in [4.78, 5) is 4.87. The first-order chi connectivity index (χ1) is 7.19. The topological polar surface area (TPSA) is 41.7 Å². The van der Waals surface area contributed by atoms with Crippen molar-refractivity contribution in [2.45, 2.75) is 25.4 Å². The molecule has 0 aromatic carbocycles. The Kier molecular flexibility index (Phi) is 5.53. The van der Waals surface area contributed by atoms with Crippen LogP contribution >= 0.6 is 0 Å². The van der Waals surface area contributed by atoms with Crippen molar-refractivity contribution in [1.29, 1.82) is 0 Å². The maximum atomic E-state index is 5.83. The lowest BCUT2D eigenvalue weighted by Crippen LogP contribution is -2.46. The van der Waals surface area contributed by atoms with Gasteiger partial charge in [0.2, 0.25) is 0 Å². The second kappa shape index (κ2) is 6.43. The largest absolute Gasteiger partial charge is 0.383 e. The number of rotatable bonds is 4. The molecule has 2 unspecified atom stereocenters. The van der Waals surface area contributed by atoms with Crippen LogP contribution < -0.4 is 5.73 Å². The number of nitrogens with zero attached hydrogens (tertiary/aromatic N) is 2. The Balaban J connectivity index is 2.52. The monoisotopic (exact) mass is 215 g/mol. The zero-order valence-electron chi connectivity index (χ0n) is 10.3. The highest BCUT2D eigenvalue weighted by atomic mass is 16.5. The van der Waals surface area contributed by atoms with Crippen LogP contribution in [0.5, 0.6) is 0 Å². The maximum Gasteiger partial charge on any atom is 0.0589 e. The minimum Gasteiger partial charge on any atom is -0.383 e.